The third kappa shape index (κ3) is 5.19. The Morgan fingerprint density at radius 1 is 1.39 bits per heavy atom. The zero-order valence-corrected chi connectivity index (χ0v) is 12.6. The molecule has 1 N–H and O–H groups in total. The zero-order chi connectivity index (χ0) is 13.5. The number of hydrogen-bond acceptors (Lipinski definition) is 3. The van der Waals surface area contributed by atoms with Crippen LogP contribution in [0.2, 0.25) is 0 Å². The first-order chi connectivity index (χ1) is 8.55. The van der Waals surface area contributed by atoms with Crippen LogP contribution in [0.25, 0.3) is 0 Å². The van der Waals surface area contributed by atoms with Crippen molar-refractivity contribution in [2.75, 3.05) is 19.6 Å². The molecule has 1 atom stereocenters. The molecular weight excluding hydrogens is 244 g/mol. The molecule has 0 spiro atoms. The summed E-state index contributed by atoms with van der Waals surface area (Å²) in [4.78, 5) is 16.6. The predicted octanol–water partition coefficient (Wildman–Crippen LogP) is 2.45. The van der Waals surface area contributed by atoms with Crippen molar-refractivity contribution in [3.8, 4) is 0 Å². The van der Waals surface area contributed by atoms with Gasteiger partial charge in [-0.1, -0.05) is 13.8 Å². The maximum Gasteiger partial charge on any atom is 0.234 e. The summed E-state index contributed by atoms with van der Waals surface area (Å²) in [6.45, 7) is 10.7. The Morgan fingerprint density at radius 3 is 2.56 bits per heavy atom. The fraction of sp³-hybridized carbons (Fsp3) is 0.643. The normalized spacial score (nSPS) is 12.7. The summed E-state index contributed by atoms with van der Waals surface area (Å²) >= 11 is 1.80. The van der Waals surface area contributed by atoms with Gasteiger partial charge < -0.3 is 5.32 Å². The lowest BCUT2D eigenvalue weighted by Gasteiger charge is -2.19. The van der Waals surface area contributed by atoms with E-state index in [-0.39, 0.29) is 11.9 Å². The summed E-state index contributed by atoms with van der Waals surface area (Å²) in [6, 6.07) is 4.48. The predicted molar refractivity (Wildman–Crippen MR) is 78.2 cm³/mol. The van der Waals surface area contributed by atoms with E-state index in [0.29, 0.717) is 6.54 Å². The maximum absolute atomic E-state index is 11.8. The lowest BCUT2D eigenvalue weighted by atomic mass is 10.2. The molecular formula is C14H24N2OS. The molecule has 102 valence electrons. The molecule has 18 heavy (non-hydrogen) atoms. The molecule has 1 aromatic rings. The van der Waals surface area contributed by atoms with Crippen molar-refractivity contribution in [2.45, 2.75) is 40.2 Å². The Labute approximate surface area is 114 Å². The SMILES string of the molecule is CCN(CC)CC(=O)NC(C)Cc1ccc(C)s1. The van der Waals surface area contributed by atoms with Gasteiger partial charge in [-0.25, -0.2) is 0 Å². The highest BCUT2D eigenvalue weighted by Gasteiger charge is 2.11. The van der Waals surface area contributed by atoms with Crippen LogP contribution in [0.1, 0.15) is 30.5 Å². The molecule has 1 aromatic heterocycles. The Balaban J connectivity index is 2.35. The number of nitrogens with one attached hydrogen (secondary N) is 1. The summed E-state index contributed by atoms with van der Waals surface area (Å²) in [5.41, 5.74) is 0. The molecule has 1 heterocycles. The van der Waals surface area contributed by atoms with Gasteiger partial charge in [-0.15, -0.1) is 11.3 Å². The molecule has 0 radical (unpaired) electrons. The monoisotopic (exact) mass is 268 g/mol. The van der Waals surface area contributed by atoms with Crippen molar-refractivity contribution < 1.29 is 4.79 Å². The first-order valence-corrected chi connectivity index (χ1v) is 7.43. The topological polar surface area (TPSA) is 32.3 Å². The van der Waals surface area contributed by atoms with E-state index in [1.165, 1.54) is 9.75 Å². The largest absolute Gasteiger partial charge is 0.352 e. The van der Waals surface area contributed by atoms with Crippen LogP contribution in [0, 0.1) is 6.92 Å². The number of thiophene rings is 1. The molecule has 1 rings (SSSR count). The molecule has 0 saturated heterocycles. The first kappa shape index (κ1) is 15.2. The van der Waals surface area contributed by atoms with E-state index in [1.807, 2.05) is 0 Å². The number of nitrogens with zero attached hydrogens (tertiary/aromatic N) is 1. The molecule has 0 bridgehead atoms. The number of aryl methyl sites for hydroxylation is 1. The molecule has 3 nitrogen and oxygen atoms in total. The summed E-state index contributed by atoms with van der Waals surface area (Å²) in [6.07, 6.45) is 0.919. The van der Waals surface area contributed by atoms with Crippen LogP contribution in [-0.2, 0) is 11.2 Å². The molecule has 4 heteroatoms. The minimum absolute atomic E-state index is 0.125. The van der Waals surface area contributed by atoms with Gasteiger partial charge in [0.25, 0.3) is 0 Å². The quantitative estimate of drug-likeness (QED) is 0.824. The highest BCUT2D eigenvalue weighted by Crippen LogP contribution is 2.16. The minimum atomic E-state index is 0.125. The van der Waals surface area contributed by atoms with Gasteiger partial charge in [-0.3, -0.25) is 9.69 Å². The van der Waals surface area contributed by atoms with Crippen molar-refractivity contribution >= 4 is 17.2 Å². The van der Waals surface area contributed by atoms with E-state index in [1.54, 1.807) is 11.3 Å². The Kier molecular flexibility index (Phi) is 6.36. The first-order valence-electron chi connectivity index (χ1n) is 6.62. The van der Waals surface area contributed by atoms with Crippen molar-refractivity contribution in [3.05, 3.63) is 21.9 Å². The zero-order valence-electron chi connectivity index (χ0n) is 11.8. The second kappa shape index (κ2) is 7.54. The fourth-order valence-corrected chi connectivity index (χ4v) is 2.94. The molecule has 0 saturated carbocycles. The van der Waals surface area contributed by atoms with Gasteiger partial charge in [0.15, 0.2) is 0 Å². The van der Waals surface area contributed by atoms with Gasteiger partial charge in [0.2, 0.25) is 5.91 Å². The van der Waals surface area contributed by atoms with Gasteiger partial charge in [-0.2, -0.15) is 0 Å². The number of likely N-dealkylation sites (N-methyl/N-ethyl adjacent to an activating group) is 1. The van der Waals surface area contributed by atoms with Gasteiger partial charge in [0, 0.05) is 22.2 Å². The number of carbonyl (C=O) groups excluding carboxylic acids is 1. The van der Waals surface area contributed by atoms with Crippen LogP contribution in [0.5, 0.6) is 0 Å². The summed E-state index contributed by atoms with van der Waals surface area (Å²) in [5, 5.41) is 3.06. The number of carbonyl (C=O) groups is 1. The molecule has 0 aliphatic heterocycles. The van der Waals surface area contributed by atoms with Crippen LogP contribution in [0.4, 0.5) is 0 Å². The van der Waals surface area contributed by atoms with E-state index in [4.69, 9.17) is 0 Å². The van der Waals surface area contributed by atoms with Crippen molar-refractivity contribution in [1.29, 1.82) is 0 Å². The molecule has 0 aliphatic carbocycles. The fourth-order valence-electron chi connectivity index (χ4n) is 1.92. The van der Waals surface area contributed by atoms with E-state index >= 15 is 0 Å². The second-order valence-electron chi connectivity index (χ2n) is 4.65. The van der Waals surface area contributed by atoms with E-state index in [2.05, 4.69) is 50.0 Å². The highest BCUT2D eigenvalue weighted by molar-refractivity contribution is 7.11. The summed E-state index contributed by atoms with van der Waals surface area (Å²) in [7, 11) is 0. The van der Waals surface area contributed by atoms with Crippen molar-refractivity contribution in [1.82, 2.24) is 10.2 Å². The highest BCUT2D eigenvalue weighted by atomic mass is 32.1. The van der Waals surface area contributed by atoms with Crippen LogP contribution < -0.4 is 5.32 Å². The van der Waals surface area contributed by atoms with Crippen LogP contribution in [-0.4, -0.2) is 36.5 Å². The van der Waals surface area contributed by atoms with Crippen LogP contribution >= 0.6 is 11.3 Å². The number of rotatable bonds is 7. The maximum atomic E-state index is 11.8. The average molecular weight is 268 g/mol. The minimum Gasteiger partial charge on any atom is -0.352 e. The summed E-state index contributed by atoms with van der Waals surface area (Å²) < 4.78 is 0. The van der Waals surface area contributed by atoms with Gasteiger partial charge in [0.1, 0.15) is 0 Å². The van der Waals surface area contributed by atoms with Gasteiger partial charge in [0.05, 0.1) is 6.54 Å². The third-order valence-electron chi connectivity index (χ3n) is 2.97. The van der Waals surface area contributed by atoms with E-state index in [0.717, 1.165) is 19.5 Å². The number of amides is 1. The molecule has 0 aromatic carbocycles. The lowest BCUT2D eigenvalue weighted by molar-refractivity contribution is -0.122. The van der Waals surface area contributed by atoms with Crippen molar-refractivity contribution in [2.24, 2.45) is 0 Å². The Morgan fingerprint density at radius 2 is 2.06 bits per heavy atom. The van der Waals surface area contributed by atoms with E-state index < -0.39 is 0 Å². The van der Waals surface area contributed by atoms with Crippen LogP contribution in [0.3, 0.4) is 0 Å². The smallest absolute Gasteiger partial charge is 0.234 e. The van der Waals surface area contributed by atoms with Crippen LogP contribution in [0.15, 0.2) is 12.1 Å². The Bertz CT molecular complexity index is 372. The van der Waals surface area contributed by atoms with Gasteiger partial charge >= 0.3 is 0 Å². The molecule has 1 unspecified atom stereocenters. The molecule has 0 fully saturated rings. The molecule has 0 aliphatic rings. The molecule has 1 amide bonds. The second-order valence-corrected chi connectivity index (χ2v) is 6.02. The van der Waals surface area contributed by atoms with E-state index in [9.17, 15) is 4.79 Å². The standard InChI is InChI=1S/C14H24N2OS/c1-5-16(6-2)10-14(17)15-11(3)9-13-8-7-12(4)18-13/h7-8,11H,5-6,9-10H2,1-4H3,(H,15,17). The average Bonchev–Trinajstić information content (AvgIpc) is 2.71. The van der Waals surface area contributed by atoms with Gasteiger partial charge in [-0.05, 0) is 39.1 Å². The third-order valence-corrected chi connectivity index (χ3v) is 4.00. The number of hydrogen-bond donors (Lipinski definition) is 1. The van der Waals surface area contributed by atoms with Crippen molar-refractivity contribution in [3.63, 3.8) is 0 Å². The summed E-state index contributed by atoms with van der Waals surface area (Å²) in [5.74, 6) is 0.125. The Hall–Kier alpha value is -0.870. The lowest BCUT2D eigenvalue weighted by Crippen LogP contribution is -2.41.